The zero-order valence-corrected chi connectivity index (χ0v) is 15.1. The van der Waals surface area contributed by atoms with Crippen LogP contribution in [0.1, 0.15) is 11.1 Å². The fourth-order valence-corrected chi connectivity index (χ4v) is 4.22. The molecule has 4 rings (SSSR count). The normalized spacial score (nSPS) is 16.2. The first-order chi connectivity index (χ1) is 12.2. The van der Waals surface area contributed by atoms with Gasteiger partial charge in [0.15, 0.2) is 0 Å². The molecule has 25 heavy (non-hydrogen) atoms. The van der Waals surface area contributed by atoms with Gasteiger partial charge in [0.2, 0.25) is 0 Å². The summed E-state index contributed by atoms with van der Waals surface area (Å²) >= 11 is 1.69. The second-order valence-electron chi connectivity index (χ2n) is 6.61. The van der Waals surface area contributed by atoms with Crippen LogP contribution >= 0.6 is 11.3 Å². The van der Waals surface area contributed by atoms with E-state index in [-0.39, 0.29) is 0 Å². The van der Waals surface area contributed by atoms with Crippen LogP contribution in [0.2, 0.25) is 0 Å². The van der Waals surface area contributed by atoms with Gasteiger partial charge in [-0.15, -0.1) is 11.3 Å². The van der Waals surface area contributed by atoms with Crippen molar-refractivity contribution in [2.45, 2.75) is 6.54 Å². The minimum atomic E-state index is 0.614. The number of aromatic nitrogens is 1. The Kier molecular flexibility index (Phi) is 4.50. The number of likely N-dealkylation sites (N-methyl/N-ethyl adjacent to an activating group) is 1. The molecule has 0 saturated carbocycles. The van der Waals surface area contributed by atoms with Crippen molar-refractivity contribution in [1.82, 2.24) is 14.8 Å². The third-order valence-electron chi connectivity index (χ3n) is 4.74. The lowest BCUT2D eigenvalue weighted by Gasteiger charge is -2.32. The minimum absolute atomic E-state index is 0.614. The molecule has 0 radical (unpaired) electrons. The van der Waals surface area contributed by atoms with E-state index in [0.29, 0.717) is 5.56 Å². The number of nitrogens with zero attached hydrogens (tertiary/aromatic N) is 4. The average Bonchev–Trinajstić information content (AvgIpc) is 3.07. The molecule has 0 N–H and O–H groups in total. The molecule has 0 amide bonds. The summed E-state index contributed by atoms with van der Waals surface area (Å²) in [7, 11) is 2.19. The van der Waals surface area contributed by atoms with Gasteiger partial charge < -0.3 is 4.90 Å². The zero-order chi connectivity index (χ0) is 17.2. The first-order valence-corrected chi connectivity index (χ1v) is 9.33. The molecule has 1 aliphatic rings. The molecule has 1 fully saturated rings. The van der Waals surface area contributed by atoms with Crippen LogP contribution in [0.5, 0.6) is 0 Å². The quantitative estimate of drug-likeness (QED) is 0.726. The van der Waals surface area contributed by atoms with Gasteiger partial charge >= 0.3 is 0 Å². The highest BCUT2D eigenvalue weighted by Crippen LogP contribution is 2.33. The highest BCUT2D eigenvalue weighted by molar-refractivity contribution is 7.22. The monoisotopic (exact) mass is 348 g/mol. The van der Waals surface area contributed by atoms with Crippen molar-refractivity contribution in [2.24, 2.45) is 0 Å². The Balaban J connectivity index is 1.51. The van der Waals surface area contributed by atoms with Crippen LogP contribution in [0.4, 0.5) is 0 Å². The molecule has 126 valence electrons. The van der Waals surface area contributed by atoms with Crippen LogP contribution in [0, 0.1) is 11.3 Å². The van der Waals surface area contributed by atoms with Crippen LogP contribution in [0.25, 0.3) is 20.7 Å². The van der Waals surface area contributed by atoms with E-state index >= 15 is 0 Å². The first-order valence-electron chi connectivity index (χ1n) is 8.51. The number of hydrogen-bond acceptors (Lipinski definition) is 5. The molecular weight excluding hydrogens is 328 g/mol. The molecule has 1 saturated heterocycles. The van der Waals surface area contributed by atoms with E-state index in [2.05, 4.69) is 58.2 Å². The standard InChI is InChI=1S/C20H20N4S/c1-23-6-8-24(9-7-23)14-15-2-4-17(5-3-15)19-11-18-20(25-19)10-16(12-21)13-22-18/h2-5,10-11,13H,6-9,14H2,1H3. The highest BCUT2D eigenvalue weighted by Gasteiger charge is 2.14. The third kappa shape index (κ3) is 3.57. The second kappa shape index (κ2) is 6.93. The Morgan fingerprint density at radius 2 is 1.88 bits per heavy atom. The van der Waals surface area contributed by atoms with E-state index in [1.165, 1.54) is 16.0 Å². The number of rotatable bonds is 3. The summed E-state index contributed by atoms with van der Waals surface area (Å²) in [5, 5.41) is 9.01. The number of hydrogen-bond donors (Lipinski definition) is 0. The third-order valence-corrected chi connectivity index (χ3v) is 5.86. The summed E-state index contributed by atoms with van der Waals surface area (Å²) in [6.45, 7) is 5.60. The van der Waals surface area contributed by atoms with E-state index in [1.807, 2.05) is 6.07 Å². The Bertz CT molecular complexity index is 915. The molecule has 1 aromatic carbocycles. The van der Waals surface area contributed by atoms with Crippen molar-refractivity contribution in [2.75, 3.05) is 33.2 Å². The first kappa shape index (κ1) is 16.2. The van der Waals surface area contributed by atoms with Gasteiger partial charge in [0.1, 0.15) is 6.07 Å². The summed E-state index contributed by atoms with van der Waals surface area (Å²) in [6, 6.07) is 15.0. The molecule has 0 spiro atoms. The van der Waals surface area contributed by atoms with Gasteiger partial charge in [0.25, 0.3) is 0 Å². The lowest BCUT2D eigenvalue weighted by molar-refractivity contribution is 0.148. The maximum absolute atomic E-state index is 9.01. The van der Waals surface area contributed by atoms with Crippen molar-refractivity contribution in [3.05, 3.63) is 53.7 Å². The molecule has 0 unspecified atom stereocenters. The summed E-state index contributed by atoms with van der Waals surface area (Å²) < 4.78 is 1.07. The Morgan fingerprint density at radius 1 is 1.12 bits per heavy atom. The number of nitriles is 1. The number of benzene rings is 1. The van der Waals surface area contributed by atoms with Crippen LogP contribution in [-0.2, 0) is 6.54 Å². The summed E-state index contributed by atoms with van der Waals surface area (Å²) in [5.41, 5.74) is 4.15. The number of thiophene rings is 1. The molecule has 1 aliphatic heterocycles. The van der Waals surface area contributed by atoms with Crippen molar-refractivity contribution in [3.8, 4) is 16.5 Å². The fourth-order valence-electron chi connectivity index (χ4n) is 3.16. The maximum Gasteiger partial charge on any atom is 0.101 e. The topological polar surface area (TPSA) is 43.2 Å². The smallest absolute Gasteiger partial charge is 0.101 e. The maximum atomic E-state index is 9.01. The Labute approximate surface area is 151 Å². The van der Waals surface area contributed by atoms with Crippen LogP contribution in [0.3, 0.4) is 0 Å². The van der Waals surface area contributed by atoms with E-state index in [0.717, 1.165) is 42.9 Å². The van der Waals surface area contributed by atoms with Crippen LogP contribution < -0.4 is 0 Å². The van der Waals surface area contributed by atoms with E-state index in [4.69, 9.17) is 5.26 Å². The van der Waals surface area contributed by atoms with Crippen molar-refractivity contribution >= 4 is 21.6 Å². The van der Waals surface area contributed by atoms with Crippen LogP contribution in [0.15, 0.2) is 42.6 Å². The van der Waals surface area contributed by atoms with E-state index in [9.17, 15) is 0 Å². The van der Waals surface area contributed by atoms with Crippen molar-refractivity contribution in [1.29, 1.82) is 5.26 Å². The summed E-state index contributed by atoms with van der Waals surface area (Å²) in [6.07, 6.45) is 1.64. The van der Waals surface area contributed by atoms with Gasteiger partial charge in [0, 0.05) is 43.8 Å². The minimum Gasteiger partial charge on any atom is -0.304 e. The zero-order valence-electron chi connectivity index (χ0n) is 14.3. The Hall–Kier alpha value is -2.26. The van der Waals surface area contributed by atoms with Gasteiger partial charge in [-0.05, 0) is 30.3 Å². The van der Waals surface area contributed by atoms with E-state index < -0.39 is 0 Å². The number of fused-ring (bicyclic) bond motifs is 1. The van der Waals surface area contributed by atoms with Gasteiger partial charge in [-0.1, -0.05) is 24.3 Å². The molecule has 5 heteroatoms. The van der Waals surface area contributed by atoms with Crippen molar-refractivity contribution in [3.63, 3.8) is 0 Å². The molecule has 0 bridgehead atoms. The largest absolute Gasteiger partial charge is 0.304 e. The predicted octanol–water partition coefficient (Wildman–Crippen LogP) is 3.58. The van der Waals surface area contributed by atoms with Gasteiger partial charge in [-0.2, -0.15) is 5.26 Å². The highest BCUT2D eigenvalue weighted by atomic mass is 32.1. The van der Waals surface area contributed by atoms with E-state index in [1.54, 1.807) is 17.5 Å². The molecule has 3 heterocycles. The lowest BCUT2D eigenvalue weighted by atomic mass is 10.1. The lowest BCUT2D eigenvalue weighted by Crippen LogP contribution is -2.43. The molecule has 2 aromatic heterocycles. The van der Waals surface area contributed by atoms with Crippen LogP contribution in [-0.4, -0.2) is 48.0 Å². The molecule has 0 atom stereocenters. The molecule has 0 aliphatic carbocycles. The summed E-state index contributed by atoms with van der Waals surface area (Å²) in [4.78, 5) is 10.5. The van der Waals surface area contributed by atoms with Gasteiger partial charge in [0.05, 0.1) is 15.8 Å². The Morgan fingerprint density at radius 3 is 2.60 bits per heavy atom. The molecule has 3 aromatic rings. The second-order valence-corrected chi connectivity index (χ2v) is 7.69. The number of piperazine rings is 1. The number of pyridine rings is 1. The average molecular weight is 348 g/mol. The fraction of sp³-hybridized carbons (Fsp3) is 0.300. The van der Waals surface area contributed by atoms with Gasteiger partial charge in [-0.25, -0.2) is 0 Å². The van der Waals surface area contributed by atoms with Gasteiger partial charge in [-0.3, -0.25) is 9.88 Å². The molecular formula is C20H20N4S. The molecule has 4 nitrogen and oxygen atoms in total. The van der Waals surface area contributed by atoms with Crippen molar-refractivity contribution < 1.29 is 0 Å². The SMILES string of the molecule is CN1CCN(Cc2ccc(-c3cc4ncc(C#N)cc4s3)cc2)CC1. The summed E-state index contributed by atoms with van der Waals surface area (Å²) in [5.74, 6) is 0. The predicted molar refractivity (Wildman–Crippen MR) is 103 cm³/mol.